The largest absolute Gasteiger partial charge is 0.392 e. The van der Waals surface area contributed by atoms with Gasteiger partial charge in [-0.1, -0.05) is 13.3 Å². The molecular weight excluding hydrogens is 205 g/mol. The molecular formula is C8H19NO4P. The molecule has 5 nitrogen and oxygen atoms in total. The maximum Gasteiger partial charge on any atom is 0.326 e. The molecule has 85 valence electrons. The van der Waals surface area contributed by atoms with Gasteiger partial charge in [-0.2, -0.15) is 0 Å². The standard InChI is InChI=1S/C8H19NO4P/c1-3-4-8(10)7-9(2)5-6-14(11,12)13/h8,10H,1,3-7H2,2H3,(H2,11,12,13). The van der Waals surface area contributed by atoms with Crippen molar-refractivity contribution in [3.63, 3.8) is 0 Å². The van der Waals surface area contributed by atoms with Gasteiger partial charge in [0, 0.05) is 13.1 Å². The zero-order valence-electron chi connectivity index (χ0n) is 8.46. The molecule has 0 aliphatic carbocycles. The molecule has 3 N–H and O–H groups in total. The van der Waals surface area contributed by atoms with E-state index in [4.69, 9.17) is 9.79 Å². The van der Waals surface area contributed by atoms with E-state index in [0.717, 1.165) is 0 Å². The van der Waals surface area contributed by atoms with Gasteiger partial charge in [-0.25, -0.2) is 0 Å². The Bertz CT molecular complexity index is 194. The lowest BCUT2D eigenvalue weighted by Crippen LogP contribution is -2.31. The predicted octanol–water partition coefficient (Wildman–Crippen LogP) is 0.0711. The highest BCUT2D eigenvalue weighted by Crippen LogP contribution is 2.33. The van der Waals surface area contributed by atoms with Crippen molar-refractivity contribution >= 4 is 7.60 Å². The molecule has 14 heavy (non-hydrogen) atoms. The van der Waals surface area contributed by atoms with Crippen molar-refractivity contribution in [2.24, 2.45) is 0 Å². The second-order valence-corrected chi connectivity index (χ2v) is 5.22. The molecule has 0 aromatic heterocycles. The van der Waals surface area contributed by atoms with E-state index in [2.05, 4.69) is 6.92 Å². The fourth-order valence-corrected chi connectivity index (χ4v) is 1.68. The van der Waals surface area contributed by atoms with Crippen LogP contribution in [0, 0.1) is 6.92 Å². The van der Waals surface area contributed by atoms with E-state index in [1.165, 1.54) is 0 Å². The van der Waals surface area contributed by atoms with E-state index in [-0.39, 0.29) is 6.16 Å². The molecule has 0 rings (SSSR count). The molecule has 0 aliphatic rings. The Morgan fingerprint density at radius 3 is 2.50 bits per heavy atom. The van der Waals surface area contributed by atoms with Gasteiger partial charge in [-0.3, -0.25) is 4.57 Å². The Hall–Kier alpha value is 0.0700. The number of rotatable bonds is 7. The fraction of sp³-hybridized carbons (Fsp3) is 0.875. The molecule has 1 unspecified atom stereocenters. The first-order chi connectivity index (χ1) is 6.35. The van der Waals surface area contributed by atoms with Crippen molar-refractivity contribution in [1.29, 1.82) is 0 Å². The van der Waals surface area contributed by atoms with Crippen LogP contribution in [0.15, 0.2) is 0 Å². The summed E-state index contributed by atoms with van der Waals surface area (Å²) in [6.07, 6.45) is 0.642. The van der Waals surface area contributed by atoms with Crippen molar-refractivity contribution in [2.45, 2.75) is 18.9 Å². The second-order valence-electron chi connectivity index (χ2n) is 3.45. The molecule has 1 radical (unpaired) electrons. The highest BCUT2D eigenvalue weighted by atomic mass is 31.2. The van der Waals surface area contributed by atoms with E-state index in [0.29, 0.717) is 25.9 Å². The van der Waals surface area contributed by atoms with Crippen molar-refractivity contribution < 1.29 is 19.5 Å². The summed E-state index contributed by atoms with van der Waals surface area (Å²) in [5.41, 5.74) is 0. The lowest BCUT2D eigenvalue weighted by molar-refractivity contribution is 0.120. The summed E-state index contributed by atoms with van der Waals surface area (Å²) in [5, 5.41) is 9.37. The van der Waals surface area contributed by atoms with Crippen LogP contribution in [0.1, 0.15) is 12.8 Å². The molecule has 0 heterocycles. The van der Waals surface area contributed by atoms with Crippen LogP contribution >= 0.6 is 7.60 Å². The summed E-state index contributed by atoms with van der Waals surface area (Å²) in [6.45, 7) is 4.33. The number of nitrogens with zero attached hydrogens (tertiary/aromatic N) is 1. The van der Waals surface area contributed by atoms with Crippen LogP contribution < -0.4 is 0 Å². The van der Waals surface area contributed by atoms with Crippen LogP contribution in [-0.2, 0) is 4.57 Å². The third kappa shape index (κ3) is 8.66. The lowest BCUT2D eigenvalue weighted by atomic mass is 10.2. The molecule has 0 saturated heterocycles. The van der Waals surface area contributed by atoms with Crippen molar-refractivity contribution in [2.75, 3.05) is 26.3 Å². The summed E-state index contributed by atoms with van der Waals surface area (Å²) >= 11 is 0. The predicted molar refractivity (Wildman–Crippen MR) is 55.0 cm³/mol. The number of aliphatic hydroxyl groups excluding tert-OH is 1. The van der Waals surface area contributed by atoms with Crippen LogP contribution in [-0.4, -0.2) is 52.2 Å². The van der Waals surface area contributed by atoms with Crippen LogP contribution in [0.25, 0.3) is 0 Å². The molecule has 0 saturated carbocycles. The normalized spacial score (nSPS) is 14.7. The zero-order chi connectivity index (χ0) is 11.2. The molecule has 0 fully saturated rings. The Morgan fingerprint density at radius 1 is 1.50 bits per heavy atom. The van der Waals surface area contributed by atoms with E-state index in [1.807, 2.05) is 0 Å². The quantitative estimate of drug-likeness (QED) is 0.533. The van der Waals surface area contributed by atoms with Gasteiger partial charge in [0.2, 0.25) is 0 Å². The Kier molecular flexibility index (Phi) is 6.57. The van der Waals surface area contributed by atoms with Crippen molar-refractivity contribution in [3.8, 4) is 0 Å². The number of aliphatic hydroxyl groups is 1. The van der Waals surface area contributed by atoms with E-state index >= 15 is 0 Å². The second kappa shape index (κ2) is 6.53. The first kappa shape index (κ1) is 14.1. The Balaban J connectivity index is 3.65. The van der Waals surface area contributed by atoms with Gasteiger partial charge in [-0.05, 0) is 13.5 Å². The smallest absolute Gasteiger partial charge is 0.326 e. The SMILES string of the molecule is [CH2]CCC(O)CN(C)CCP(=O)(O)O. The van der Waals surface area contributed by atoms with Crippen LogP contribution in [0.3, 0.4) is 0 Å². The van der Waals surface area contributed by atoms with Gasteiger partial charge >= 0.3 is 7.60 Å². The summed E-state index contributed by atoms with van der Waals surface area (Å²) in [6, 6.07) is 0. The molecule has 1 atom stereocenters. The third-order valence-electron chi connectivity index (χ3n) is 1.83. The molecule has 0 bridgehead atoms. The fourth-order valence-electron chi connectivity index (χ4n) is 1.08. The lowest BCUT2D eigenvalue weighted by Gasteiger charge is -2.20. The third-order valence-corrected chi connectivity index (χ3v) is 2.62. The monoisotopic (exact) mass is 224 g/mol. The molecule has 0 amide bonds. The topological polar surface area (TPSA) is 81.0 Å². The van der Waals surface area contributed by atoms with Gasteiger partial charge < -0.3 is 19.8 Å². The molecule has 0 spiro atoms. The average molecular weight is 224 g/mol. The highest BCUT2D eigenvalue weighted by molar-refractivity contribution is 7.51. The van der Waals surface area contributed by atoms with Gasteiger partial charge in [0.1, 0.15) is 0 Å². The first-order valence-electron chi connectivity index (χ1n) is 4.55. The summed E-state index contributed by atoms with van der Waals surface area (Å²) in [5.74, 6) is 0. The Morgan fingerprint density at radius 2 is 2.07 bits per heavy atom. The Labute approximate surface area is 84.9 Å². The average Bonchev–Trinajstić information content (AvgIpc) is 2.00. The van der Waals surface area contributed by atoms with E-state index in [1.54, 1.807) is 11.9 Å². The number of likely N-dealkylation sites (N-methyl/N-ethyl adjacent to an activating group) is 1. The minimum atomic E-state index is -3.91. The van der Waals surface area contributed by atoms with E-state index in [9.17, 15) is 9.67 Å². The maximum atomic E-state index is 10.5. The van der Waals surface area contributed by atoms with Crippen LogP contribution in [0.5, 0.6) is 0 Å². The zero-order valence-corrected chi connectivity index (χ0v) is 9.36. The summed E-state index contributed by atoms with van der Waals surface area (Å²) in [4.78, 5) is 18.9. The number of hydrogen-bond donors (Lipinski definition) is 3. The summed E-state index contributed by atoms with van der Waals surface area (Å²) < 4.78 is 10.5. The van der Waals surface area contributed by atoms with Crippen molar-refractivity contribution in [3.05, 3.63) is 6.92 Å². The first-order valence-corrected chi connectivity index (χ1v) is 6.35. The molecule has 6 heteroatoms. The minimum Gasteiger partial charge on any atom is -0.392 e. The summed E-state index contributed by atoms with van der Waals surface area (Å²) in [7, 11) is -2.19. The van der Waals surface area contributed by atoms with E-state index < -0.39 is 13.7 Å². The van der Waals surface area contributed by atoms with Crippen molar-refractivity contribution in [1.82, 2.24) is 4.90 Å². The number of hydrogen-bond acceptors (Lipinski definition) is 3. The highest BCUT2D eigenvalue weighted by Gasteiger charge is 2.15. The molecule has 0 aromatic carbocycles. The molecule has 0 aliphatic heterocycles. The minimum absolute atomic E-state index is 0.166. The van der Waals surface area contributed by atoms with Gasteiger partial charge in [-0.15, -0.1) is 0 Å². The van der Waals surface area contributed by atoms with Crippen LogP contribution in [0.4, 0.5) is 0 Å². The maximum absolute atomic E-state index is 10.5. The van der Waals surface area contributed by atoms with Gasteiger partial charge in [0.15, 0.2) is 0 Å². The molecule has 0 aromatic rings. The van der Waals surface area contributed by atoms with Gasteiger partial charge in [0.05, 0.1) is 12.3 Å². The van der Waals surface area contributed by atoms with Crippen LogP contribution in [0.2, 0.25) is 0 Å². The van der Waals surface area contributed by atoms with Gasteiger partial charge in [0.25, 0.3) is 0 Å².